The zero-order valence-corrected chi connectivity index (χ0v) is 11.6. The van der Waals surface area contributed by atoms with Crippen LogP contribution in [0.5, 0.6) is 0 Å². The third-order valence-electron chi connectivity index (χ3n) is 3.19. The number of halogens is 4. The number of benzene rings is 1. The highest BCUT2D eigenvalue weighted by atomic mass is 19.4. The molecule has 0 aliphatic heterocycles. The Balaban J connectivity index is 2.79. The largest absolute Gasteiger partial charge is 0.416 e. The molecule has 0 fully saturated rings. The fourth-order valence-corrected chi connectivity index (χ4v) is 2.21. The van der Waals surface area contributed by atoms with Crippen molar-refractivity contribution in [3.05, 3.63) is 56.8 Å². The third kappa shape index (κ3) is 2.72. The van der Waals surface area contributed by atoms with Crippen LogP contribution in [0.25, 0.3) is 11.1 Å². The predicted octanol–water partition coefficient (Wildman–Crippen LogP) is 3.69. The Kier molecular flexibility index (Phi) is 3.79. The number of aryl methyl sites for hydroxylation is 2. The SMILES string of the molecule is Cc1cc(-c2cc(C)c(C(F)(F)F)cc2F)c(C#N)c(=O)[nH]1. The maximum absolute atomic E-state index is 14.1. The number of nitrogens with one attached hydrogen (secondary N) is 1. The number of nitriles is 1. The molecule has 2 rings (SSSR count). The van der Waals surface area contributed by atoms with Gasteiger partial charge in [0.15, 0.2) is 0 Å². The Bertz CT molecular complexity index is 844. The lowest BCUT2D eigenvalue weighted by Crippen LogP contribution is -2.14. The Hall–Kier alpha value is -2.62. The molecule has 1 heterocycles. The third-order valence-corrected chi connectivity index (χ3v) is 3.19. The summed E-state index contributed by atoms with van der Waals surface area (Å²) in [6.45, 7) is 2.72. The van der Waals surface area contributed by atoms with Gasteiger partial charge in [-0.2, -0.15) is 18.4 Å². The molecule has 0 bridgehead atoms. The van der Waals surface area contributed by atoms with Gasteiger partial charge >= 0.3 is 6.18 Å². The van der Waals surface area contributed by atoms with E-state index in [9.17, 15) is 22.4 Å². The molecule has 0 saturated carbocycles. The number of aromatic amines is 1. The van der Waals surface area contributed by atoms with Gasteiger partial charge < -0.3 is 4.98 Å². The van der Waals surface area contributed by atoms with E-state index in [2.05, 4.69) is 4.98 Å². The quantitative estimate of drug-likeness (QED) is 0.817. The minimum Gasteiger partial charge on any atom is -0.325 e. The molecule has 0 atom stereocenters. The van der Waals surface area contributed by atoms with E-state index in [1.165, 1.54) is 19.9 Å². The average Bonchev–Trinajstić information content (AvgIpc) is 2.39. The molecule has 22 heavy (non-hydrogen) atoms. The molecule has 0 aliphatic rings. The highest BCUT2D eigenvalue weighted by Crippen LogP contribution is 2.36. The number of H-pyrrole nitrogens is 1. The minimum absolute atomic E-state index is 0.0296. The van der Waals surface area contributed by atoms with E-state index in [1.807, 2.05) is 0 Å². The Labute approximate surface area is 122 Å². The number of hydrogen-bond donors (Lipinski definition) is 1. The van der Waals surface area contributed by atoms with Gasteiger partial charge in [0, 0.05) is 16.8 Å². The first-order valence-electron chi connectivity index (χ1n) is 6.17. The first-order chi connectivity index (χ1) is 10.1. The summed E-state index contributed by atoms with van der Waals surface area (Å²) in [4.78, 5) is 14.1. The van der Waals surface area contributed by atoms with Gasteiger partial charge in [-0.25, -0.2) is 4.39 Å². The zero-order chi connectivity index (χ0) is 16.7. The summed E-state index contributed by atoms with van der Waals surface area (Å²) in [5.74, 6) is -1.14. The van der Waals surface area contributed by atoms with Crippen molar-refractivity contribution in [1.29, 1.82) is 5.26 Å². The number of rotatable bonds is 1. The van der Waals surface area contributed by atoms with Crippen LogP contribution in [0.4, 0.5) is 17.6 Å². The van der Waals surface area contributed by atoms with Crippen LogP contribution in [0, 0.1) is 31.0 Å². The summed E-state index contributed by atoms with van der Waals surface area (Å²) in [6, 6.07) is 4.37. The van der Waals surface area contributed by atoms with Crippen molar-refractivity contribution in [3.8, 4) is 17.2 Å². The highest BCUT2D eigenvalue weighted by Gasteiger charge is 2.33. The summed E-state index contributed by atoms with van der Waals surface area (Å²) >= 11 is 0. The molecule has 114 valence electrons. The van der Waals surface area contributed by atoms with Gasteiger partial charge in [0.1, 0.15) is 17.4 Å². The second-order valence-electron chi connectivity index (χ2n) is 4.83. The summed E-state index contributed by atoms with van der Waals surface area (Å²) in [6.07, 6.45) is -4.68. The second kappa shape index (κ2) is 5.30. The van der Waals surface area contributed by atoms with E-state index in [-0.39, 0.29) is 22.3 Å². The minimum atomic E-state index is -4.68. The van der Waals surface area contributed by atoms with Crippen LogP contribution < -0.4 is 5.56 Å². The number of alkyl halides is 3. The summed E-state index contributed by atoms with van der Waals surface area (Å²) in [7, 11) is 0. The molecule has 1 aromatic carbocycles. The van der Waals surface area contributed by atoms with E-state index < -0.39 is 23.1 Å². The van der Waals surface area contributed by atoms with E-state index in [0.29, 0.717) is 11.8 Å². The van der Waals surface area contributed by atoms with Crippen molar-refractivity contribution in [2.45, 2.75) is 20.0 Å². The number of pyridine rings is 1. The maximum Gasteiger partial charge on any atom is 0.416 e. The standard InChI is InChI=1S/C15H10F4N2O/c1-7-3-10(13(16)5-12(7)15(17,18)19)9-4-8(2)21-14(22)11(9)6-20/h3-5H,1-2H3,(H,21,22). The maximum atomic E-state index is 14.1. The molecule has 0 saturated heterocycles. The lowest BCUT2D eigenvalue weighted by Gasteiger charge is -2.13. The fraction of sp³-hybridized carbons (Fsp3) is 0.200. The molecule has 1 N–H and O–H groups in total. The van der Waals surface area contributed by atoms with Gasteiger partial charge in [0.2, 0.25) is 0 Å². The van der Waals surface area contributed by atoms with Crippen LogP contribution in [0.15, 0.2) is 23.0 Å². The molecule has 0 spiro atoms. The Morgan fingerprint density at radius 3 is 2.32 bits per heavy atom. The topological polar surface area (TPSA) is 56.6 Å². The molecule has 0 unspecified atom stereocenters. The number of nitrogens with zero attached hydrogens (tertiary/aromatic N) is 1. The van der Waals surface area contributed by atoms with Crippen molar-refractivity contribution in [3.63, 3.8) is 0 Å². The second-order valence-corrected chi connectivity index (χ2v) is 4.83. The van der Waals surface area contributed by atoms with Gasteiger partial charge in [-0.05, 0) is 37.6 Å². The van der Waals surface area contributed by atoms with Crippen molar-refractivity contribution in [2.75, 3.05) is 0 Å². The fourth-order valence-electron chi connectivity index (χ4n) is 2.21. The van der Waals surface area contributed by atoms with Crippen LogP contribution in [0.3, 0.4) is 0 Å². The molecular formula is C15H10F4N2O. The van der Waals surface area contributed by atoms with Crippen molar-refractivity contribution < 1.29 is 17.6 Å². The molecule has 3 nitrogen and oxygen atoms in total. The number of aromatic nitrogens is 1. The first kappa shape index (κ1) is 15.8. The van der Waals surface area contributed by atoms with E-state index >= 15 is 0 Å². The van der Waals surface area contributed by atoms with Crippen LogP contribution in [0.2, 0.25) is 0 Å². The van der Waals surface area contributed by atoms with E-state index in [4.69, 9.17) is 5.26 Å². The summed E-state index contributed by atoms with van der Waals surface area (Å²) in [5, 5.41) is 9.02. The molecular weight excluding hydrogens is 300 g/mol. The van der Waals surface area contributed by atoms with Gasteiger partial charge in [-0.15, -0.1) is 0 Å². The van der Waals surface area contributed by atoms with Crippen molar-refractivity contribution in [1.82, 2.24) is 4.98 Å². The zero-order valence-electron chi connectivity index (χ0n) is 11.6. The predicted molar refractivity (Wildman–Crippen MR) is 71.6 cm³/mol. The summed E-state index contributed by atoms with van der Waals surface area (Å²) < 4.78 is 52.4. The monoisotopic (exact) mass is 310 g/mol. The normalized spacial score (nSPS) is 11.3. The van der Waals surface area contributed by atoms with Crippen LogP contribution in [0.1, 0.15) is 22.4 Å². The summed E-state index contributed by atoms with van der Waals surface area (Å²) in [5.41, 5.74) is -2.21. The molecule has 0 amide bonds. The first-order valence-corrected chi connectivity index (χ1v) is 6.17. The lowest BCUT2D eigenvalue weighted by atomic mass is 9.96. The highest BCUT2D eigenvalue weighted by molar-refractivity contribution is 5.72. The molecule has 0 aliphatic carbocycles. The molecule has 1 aromatic heterocycles. The molecule has 0 radical (unpaired) electrons. The van der Waals surface area contributed by atoms with E-state index in [0.717, 1.165) is 6.07 Å². The average molecular weight is 310 g/mol. The Morgan fingerprint density at radius 2 is 1.77 bits per heavy atom. The number of hydrogen-bond acceptors (Lipinski definition) is 2. The van der Waals surface area contributed by atoms with Crippen LogP contribution >= 0.6 is 0 Å². The molecule has 7 heteroatoms. The van der Waals surface area contributed by atoms with Gasteiger partial charge in [0.05, 0.1) is 5.56 Å². The smallest absolute Gasteiger partial charge is 0.325 e. The van der Waals surface area contributed by atoms with E-state index in [1.54, 1.807) is 6.07 Å². The van der Waals surface area contributed by atoms with Gasteiger partial charge in [-0.3, -0.25) is 4.79 Å². The molecule has 2 aromatic rings. The Morgan fingerprint density at radius 1 is 1.14 bits per heavy atom. The lowest BCUT2D eigenvalue weighted by molar-refractivity contribution is -0.138. The van der Waals surface area contributed by atoms with Gasteiger partial charge in [-0.1, -0.05) is 0 Å². The van der Waals surface area contributed by atoms with Gasteiger partial charge in [0.25, 0.3) is 5.56 Å². The van der Waals surface area contributed by atoms with Crippen LogP contribution in [-0.2, 0) is 6.18 Å². The van der Waals surface area contributed by atoms with Crippen molar-refractivity contribution in [2.24, 2.45) is 0 Å². The van der Waals surface area contributed by atoms with Crippen molar-refractivity contribution >= 4 is 0 Å². The van der Waals surface area contributed by atoms with Crippen LogP contribution in [-0.4, -0.2) is 4.98 Å².